The van der Waals surface area contributed by atoms with E-state index in [0.717, 1.165) is 19.3 Å². The molecule has 0 unspecified atom stereocenters. The first kappa shape index (κ1) is 17.0. The molecular formula is C15H27NO4. The van der Waals surface area contributed by atoms with Gasteiger partial charge in [-0.25, -0.2) is 0 Å². The van der Waals surface area contributed by atoms with E-state index < -0.39 is 11.9 Å². The highest BCUT2D eigenvalue weighted by Crippen LogP contribution is 2.34. The Labute approximate surface area is 121 Å². The summed E-state index contributed by atoms with van der Waals surface area (Å²) in [5, 5.41) is 9.25. The van der Waals surface area contributed by atoms with E-state index in [1.807, 2.05) is 4.90 Å². The van der Waals surface area contributed by atoms with Crippen LogP contribution in [0.5, 0.6) is 0 Å². The second-order valence-corrected chi connectivity index (χ2v) is 5.48. The number of carboxylic acids is 1. The normalized spacial score (nSPS) is 22.2. The number of rotatable bonds is 8. The van der Waals surface area contributed by atoms with Crippen molar-refractivity contribution in [3.05, 3.63) is 0 Å². The molecule has 0 aromatic rings. The van der Waals surface area contributed by atoms with Gasteiger partial charge in [-0.1, -0.05) is 20.3 Å². The van der Waals surface area contributed by atoms with Crippen molar-refractivity contribution in [2.24, 2.45) is 11.8 Å². The molecule has 116 valence electrons. The van der Waals surface area contributed by atoms with E-state index in [1.54, 1.807) is 7.11 Å². The molecule has 5 nitrogen and oxygen atoms in total. The zero-order valence-corrected chi connectivity index (χ0v) is 12.8. The third-order valence-electron chi connectivity index (χ3n) is 4.35. The minimum absolute atomic E-state index is 0.000602. The van der Waals surface area contributed by atoms with Gasteiger partial charge in [-0.2, -0.15) is 0 Å². The molecule has 0 spiro atoms. The monoisotopic (exact) mass is 285 g/mol. The Morgan fingerprint density at radius 3 is 2.35 bits per heavy atom. The summed E-state index contributed by atoms with van der Waals surface area (Å²) >= 11 is 0. The summed E-state index contributed by atoms with van der Waals surface area (Å²) in [6, 6.07) is 0.174. The fraction of sp³-hybridized carbons (Fsp3) is 0.867. The first-order valence-corrected chi connectivity index (χ1v) is 7.58. The van der Waals surface area contributed by atoms with Gasteiger partial charge in [0.2, 0.25) is 5.91 Å². The Morgan fingerprint density at radius 2 is 1.85 bits per heavy atom. The molecule has 0 heterocycles. The number of carboxylic acid groups (broad SMARTS) is 1. The summed E-state index contributed by atoms with van der Waals surface area (Å²) in [5.41, 5.74) is 0. The molecule has 0 bridgehead atoms. The van der Waals surface area contributed by atoms with E-state index in [-0.39, 0.29) is 17.9 Å². The van der Waals surface area contributed by atoms with Crippen LogP contribution in [-0.4, -0.2) is 48.2 Å². The van der Waals surface area contributed by atoms with E-state index in [4.69, 9.17) is 4.74 Å². The fourth-order valence-corrected chi connectivity index (χ4v) is 3.16. The van der Waals surface area contributed by atoms with Gasteiger partial charge in [0.25, 0.3) is 0 Å². The van der Waals surface area contributed by atoms with Crippen molar-refractivity contribution in [2.75, 3.05) is 20.3 Å². The third-order valence-corrected chi connectivity index (χ3v) is 4.35. The Morgan fingerprint density at radius 1 is 1.25 bits per heavy atom. The number of amides is 1. The van der Waals surface area contributed by atoms with Gasteiger partial charge < -0.3 is 14.7 Å². The zero-order valence-electron chi connectivity index (χ0n) is 12.8. The molecule has 1 aliphatic carbocycles. The SMILES string of the molecule is CCC(CC)N(CCOC)C(=O)[C@@H]1CCC[C@@H]1C(=O)O. The van der Waals surface area contributed by atoms with E-state index in [0.29, 0.717) is 26.0 Å². The molecule has 0 aromatic heterocycles. The van der Waals surface area contributed by atoms with Crippen LogP contribution in [0.15, 0.2) is 0 Å². The summed E-state index contributed by atoms with van der Waals surface area (Å²) in [4.78, 5) is 25.8. The van der Waals surface area contributed by atoms with Crippen molar-refractivity contribution in [1.82, 2.24) is 4.90 Å². The van der Waals surface area contributed by atoms with E-state index in [1.165, 1.54) is 0 Å². The molecule has 1 rings (SSSR count). The highest BCUT2D eigenvalue weighted by Gasteiger charge is 2.40. The highest BCUT2D eigenvalue weighted by atomic mass is 16.5. The standard InChI is InChI=1S/C15H27NO4/c1-4-11(5-2)16(9-10-20-3)14(17)12-7-6-8-13(12)15(18)19/h11-13H,4-10H2,1-3H3,(H,18,19)/t12-,13+/m1/s1. The topological polar surface area (TPSA) is 66.8 Å². The van der Waals surface area contributed by atoms with Gasteiger partial charge in [-0.15, -0.1) is 0 Å². The van der Waals surface area contributed by atoms with E-state index >= 15 is 0 Å². The molecule has 0 saturated heterocycles. The largest absolute Gasteiger partial charge is 0.481 e. The smallest absolute Gasteiger partial charge is 0.307 e. The zero-order chi connectivity index (χ0) is 15.1. The lowest BCUT2D eigenvalue weighted by Crippen LogP contribution is -2.46. The Hall–Kier alpha value is -1.10. The summed E-state index contributed by atoms with van der Waals surface area (Å²) in [5.74, 6) is -1.70. The molecule has 0 radical (unpaired) electrons. The van der Waals surface area contributed by atoms with Crippen molar-refractivity contribution in [1.29, 1.82) is 0 Å². The number of hydrogen-bond acceptors (Lipinski definition) is 3. The summed E-state index contributed by atoms with van der Waals surface area (Å²) < 4.78 is 5.09. The van der Waals surface area contributed by atoms with Crippen LogP contribution in [0.2, 0.25) is 0 Å². The molecular weight excluding hydrogens is 258 g/mol. The van der Waals surface area contributed by atoms with Gasteiger partial charge in [0.15, 0.2) is 0 Å². The Kier molecular flexibility index (Phi) is 6.99. The van der Waals surface area contributed by atoms with Crippen molar-refractivity contribution < 1.29 is 19.4 Å². The predicted octanol–water partition coefficient (Wildman–Crippen LogP) is 2.15. The second-order valence-electron chi connectivity index (χ2n) is 5.48. The lowest BCUT2D eigenvalue weighted by atomic mass is 9.93. The fourth-order valence-electron chi connectivity index (χ4n) is 3.16. The number of aliphatic carboxylic acids is 1. The maximum absolute atomic E-state index is 12.7. The Balaban J connectivity index is 2.83. The maximum atomic E-state index is 12.7. The van der Waals surface area contributed by atoms with Crippen LogP contribution in [-0.2, 0) is 14.3 Å². The molecule has 2 atom stereocenters. The molecule has 1 amide bonds. The number of hydrogen-bond donors (Lipinski definition) is 1. The van der Waals surface area contributed by atoms with Crippen molar-refractivity contribution >= 4 is 11.9 Å². The molecule has 1 N–H and O–H groups in total. The van der Waals surface area contributed by atoms with Crippen LogP contribution in [0.4, 0.5) is 0 Å². The van der Waals surface area contributed by atoms with E-state index in [9.17, 15) is 14.7 Å². The van der Waals surface area contributed by atoms with Gasteiger partial charge in [0.05, 0.1) is 18.4 Å². The van der Waals surface area contributed by atoms with Crippen LogP contribution in [0, 0.1) is 11.8 Å². The van der Waals surface area contributed by atoms with Crippen LogP contribution < -0.4 is 0 Å². The van der Waals surface area contributed by atoms with Crippen LogP contribution in [0.1, 0.15) is 46.0 Å². The Bertz CT molecular complexity index is 328. The summed E-state index contributed by atoms with van der Waals surface area (Å²) in [6.45, 7) is 5.16. The number of methoxy groups -OCH3 is 1. The quantitative estimate of drug-likeness (QED) is 0.742. The van der Waals surface area contributed by atoms with Gasteiger partial charge in [0, 0.05) is 19.7 Å². The van der Waals surface area contributed by atoms with Gasteiger partial charge in [-0.05, 0) is 25.7 Å². The average Bonchev–Trinajstić information content (AvgIpc) is 2.92. The highest BCUT2D eigenvalue weighted by molar-refractivity contribution is 5.85. The van der Waals surface area contributed by atoms with Crippen LogP contribution >= 0.6 is 0 Å². The van der Waals surface area contributed by atoms with Crippen molar-refractivity contribution in [3.63, 3.8) is 0 Å². The van der Waals surface area contributed by atoms with Gasteiger partial charge in [0.1, 0.15) is 0 Å². The molecule has 20 heavy (non-hydrogen) atoms. The average molecular weight is 285 g/mol. The molecule has 0 aliphatic heterocycles. The molecule has 1 fully saturated rings. The molecule has 1 aliphatic rings. The van der Waals surface area contributed by atoms with Crippen LogP contribution in [0.3, 0.4) is 0 Å². The number of ether oxygens (including phenoxy) is 1. The molecule has 0 aromatic carbocycles. The minimum Gasteiger partial charge on any atom is -0.481 e. The lowest BCUT2D eigenvalue weighted by molar-refractivity contribution is -0.150. The van der Waals surface area contributed by atoms with E-state index in [2.05, 4.69) is 13.8 Å². The minimum atomic E-state index is -0.836. The van der Waals surface area contributed by atoms with Crippen molar-refractivity contribution in [3.8, 4) is 0 Å². The third kappa shape index (κ3) is 3.95. The molecule has 5 heteroatoms. The summed E-state index contributed by atoms with van der Waals surface area (Å²) in [6.07, 6.45) is 3.91. The van der Waals surface area contributed by atoms with Crippen LogP contribution in [0.25, 0.3) is 0 Å². The maximum Gasteiger partial charge on any atom is 0.307 e. The lowest BCUT2D eigenvalue weighted by Gasteiger charge is -2.33. The summed E-state index contributed by atoms with van der Waals surface area (Å²) in [7, 11) is 1.62. The molecule has 1 saturated carbocycles. The number of nitrogens with zero attached hydrogens (tertiary/aromatic N) is 1. The van der Waals surface area contributed by atoms with Gasteiger partial charge >= 0.3 is 5.97 Å². The predicted molar refractivity (Wildman–Crippen MR) is 76.4 cm³/mol. The van der Waals surface area contributed by atoms with Gasteiger partial charge in [-0.3, -0.25) is 9.59 Å². The first-order chi connectivity index (χ1) is 9.56. The number of carbonyl (C=O) groups is 2. The number of carbonyl (C=O) groups excluding carboxylic acids is 1. The first-order valence-electron chi connectivity index (χ1n) is 7.58. The van der Waals surface area contributed by atoms with Crippen molar-refractivity contribution in [2.45, 2.75) is 52.0 Å². The second kappa shape index (κ2) is 8.25.